The molecule has 1 saturated heterocycles. The van der Waals surface area contributed by atoms with Gasteiger partial charge >= 0.3 is 0 Å². The van der Waals surface area contributed by atoms with E-state index in [1.165, 1.54) is 17.0 Å². The van der Waals surface area contributed by atoms with Crippen LogP contribution in [0, 0.1) is 10.1 Å². The van der Waals surface area contributed by atoms with Crippen molar-refractivity contribution in [3.8, 4) is 0 Å². The van der Waals surface area contributed by atoms with Crippen molar-refractivity contribution in [3.05, 3.63) is 28.3 Å². The smallest absolute Gasteiger partial charge is 0.271 e. The number of rotatable bonds is 1. The molecule has 0 aromatic heterocycles. The number of likely N-dealkylation sites (N-methyl/N-ethyl adjacent to an activating group) is 1. The first-order chi connectivity index (χ1) is 8.59. The molecule has 94 valence electrons. The van der Waals surface area contributed by atoms with E-state index in [-0.39, 0.29) is 17.6 Å². The number of nitro benzene ring substituents is 1. The van der Waals surface area contributed by atoms with Crippen molar-refractivity contribution in [1.29, 1.82) is 0 Å². The maximum Gasteiger partial charge on any atom is 0.271 e. The standard InChI is InChI=1S/C12H13N3O3/c1-13-11-7-8(15(17)18)4-5-9(11)14-6-2-3-10(14)12(13)16/h4-5,7,10H,2-3,6H2,1H3/t10-/m0/s1. The molecule has 6 heteroatoms. The zero-order valence-corrected chi connectivity index (χ0v) is 10.00. The van der Waals surface area contributed by atoms with E-state index in [0.29, 0.717) is 5.69 Å². The van der Waals surface area contributed by atoms with Crippen LogP contribution >= 0.6 is 0 Å². The van der Waals surface area contributed by atoms with Crippen LogP contribution < -0.4 is 9.80 Å². The summed E-state index contributed by atoms with van der Waals surface area (Å²) in [5.41, 5.74) is 1.57. The molecule has 0 radical (unpaired) electrons. The van der Waals surface area contributed by atoms with E-state index < -0.39 is 4.92 Å². The van der Waals surface area contributed by atoms with Crippen LogP contribution in [-0.2, 0) is 4.79 Å². The average Bonchev–Trinajstić information content (AvgIpc) is 2.84. The lowest BCUT2D eigenvalue weighted by molar-refractivity contribution is -0.384. The third-order valence-corrected chi connectivity index (χ3v) is 3.71. The molecule has 1 amide bonds. The molecule has 2 aliphatic heterocycles. The summed E-state index contributed by atoms with van der Waals surface area (Å²) in [6.45, 7) is 0.842. The lowest BCUT2D eigenvalue weighted by Crippen LogP contribution is -2.48. The maximum atomic E-state index is 12.2. The molecule has 0 unspecified atom stereocenters. The Morgan fingerprint density at radius 3 is 2.89 bits per heavy atom. The van der Waals surface area contributed by atoms with Gasteiger partial charge in [-0.15, -0.1) is 0 Å². The molecule has 3 rings (SSSR count). The molecule has 2 aliphatic rings. The van der Waals surface area contributed by atoms with Gasteiger partial charge < -0.3 is 9.80 Å². The number of amides is 1. The highest BCUT2D eigenvalue weighted by Gasteiger charge is 2.39. The zero-order chi connectivity index (χ0) is 12.9. The minimum absolute atomic E-state index is 0.0195. The van der Waals surface area contributed by atoms with Crippen molar-refractivity contribution < 1.29 is 9.72 Å². The number of carbonyl (C=O) groups is 1. The van der Waals surface area contributed by atoms with E-state index in [4.69, 9.17) is 0 Å². The van der Waals surface area contributed by atoms with Crippen LogP contribution in [-0.4, -0.2) is 30.5 Å². The third-order valence-electron chi connectivity index (χ3n) is 3.71. The van der Waals surface area contributed by atoms with Crippen LogP contribution in [0.2, 0.25) is 0 Å². The van der Waals surface area contributed by atoms with Gasteiger partial charge in [-0.2, -0.15) is 0 Å². The largest absolute Gasteiger partial charge is 0.358 e. The summed E-state index contributed by atoms with van der Waals surface area (Å²) < 4.78 is 0. The second-order valence-corrected chi connectivity index (χ2v) is 4.68. The number of anilines is 2. The van der Waals surface area contributed by atoms with Crippen molar-refractivity contribution >= 4 is 23.0 Å². The lowest BCUT2D eigenvalue weighted by atomic mass is 10.1. The first-order valence-corrected chi connectivity index (χ1v) is 5.92. The van der Waals surface area contributed by atoms with E-state index in [1.54, 1.807) is 13.1 Å². The molecular formula is C12H13N3O3. The van der Waals surface area contributed by atoms with Crippen LogP contribution in [0.4, 0.5) is 17.1 Å². The van der Waals surface area contributed by atoms with Gasteiger partial charge in [0, 0.05) is 25.7 Å². The Morgan fingerprint density at radius 1 is 1.39 bits per heavy atom. The minimum atomic E-state index is -0.436. The molecular weight excluding hydrogens is 234 g/mol. The van der Waals surface area contributed by atoms with Crippen LogP contribution in [0.1, 0.15) is 12.8 Å². The Labute approximate surface area is 104 Å². The second-order valence-electron chi connectivity index (χ2n) is 4.68. The summed E-state index contributed by atoms with van der Waals surface area (Å²) in [6.07, 6.45) is 1.85. The zero-order valence-electron chi connectivity index (χ0n) is 10.00. The fourth-order valence-electron chi connectivity index (χ4n) is 2.79. The Kier molecular flexibility index (Phi) is 2.26. The number of fused-ring (bicyclic) bond motifs is 3. The van der Waals surface area contributed by atoms with Gasteiger partial charge in [0.2, 0.25) is 5.91 Å². The third kappa shape index (κ3) is 1.38. The molecule has 0 saturated carbocycles. The molecule has 2 heterocycles. The topological polar surface area (TPSA) is 66.7 Å². The predicted octanol–water partition coefficient (Wildman–Crippen LogP) is 1.54. The second kappa shape index (κ2) is 3.69. The van der Waals surface area contributed by atoms with E-state index in [1.807, 2.05) is 0 Å². The van der Waals surface area contributed by atoms with Crippen molar-refractivity contribution in [3.63, 3.8) is 0 Å². The van der Waals surface area contributed by atoms with Gasteiger partial charge in [-0.3, -0.25) is 14.9 Å². The molecule has 1 aromatic rings. The van der Waals surface area contributed by atoms with E-state index >= 15 is 0 Å². The van der Waals surface area contributed by atoms with Crippen LogP contribution in [0.15, 0.2) is 18.2 Å². The maximum absolute atomic E-state index is 12.2. The van der Waals surface area contributed by atoms with Crippen LogP contribution in [0.25, 0.3) is 0 Å². The first-order valence-electron chi connectivity index (χ1n) is 5.92. The molecule has 0 aliphatic carbocycles. The number of non-ortho nitro benzene ring substituents is 1. The van der Waals surface area contributed by atoms with Gasteiger partial charge in [0.1, 0.15) is 6.04 Å². The molecule has 1 atom stereocenters. The van der Waals surface area contributed by atoms with Gasteiger partial charge in [0.25, 0.3) is 5.69 Å². The number of hydrogen-bond donors (Lipinski definition) is 0. The van der Waals surface area contributed by atoms with Gasteiger partial charge in [-0.05, 0) is 18.9 Å². The molecule has 0 N–H and O–H groups in total. The quantitative estimate of drug-likeness (QED) is 0.557. The SMILES string of the molecule is CN1C(=O)[C@@H]2CCCN2c2ccc([N+](=O)[O-])cc21. The lowest BCUT2D eigenvalue weighted by Gasteiger charge is -2.37. The fraction of sp³-hybridized carbons (Fsp3) is 0.417. The Bertz CT molecular complexity index is 543. The van der Waals surface area contributed by atoms with Gasteiger partial charge in [-0.1, -0.05) is 0 Å². The molecule has 18 heavy (non-hydrogen) atoms. The highest BCUT2D eigenvalue weighted by molar-refractivity contribution is 6.05. The number of nitrogens with zero attached hydrogens (tertiary/aromatic N) is 3. The van der Waals surface area contributed by atoms with Crippen molar-refractivity contribution in [1.82, 2.24) is 0 Å². The number of hydrogen-bond acceptors (Lipinski definition) is 4. The number of benzene rings is 1. The summed E-state index contributed by atoms with van der Waals surface area (Å²) in [7, 11) is 1.68. The summed E-state index contributed by atoms with van der Waals surface area (Å²) in [4.78, 5) is 26.1. The van der Waals surface area contributed by atoms with Crippen LogP contribution in [0.3, 0.4) is 0 Å². The Balaban J connectivity index is 2.14. The molecule has 1 aromatic carbocycles. The summed E-state index contributed by atoms with van der Waals surface area (Å²) in [5.74, 6) is 0.0282. The Hall–Kier alpha value is -2.11. The van der Waals surface area contributed by atoms with Crippen molar-refractivity contribution in [2.45, 2.75) is 18.9 Å². The minimum Gasteiger partial charge on any atom is -0.358 e. The van der Waals surface area contributed by atoms with Crippen LogP contribution in [0.5, 0.6) is 0 Å². The van der Waals surface area contributed by atoms with Crippen molar-refractivity contribution in [2.75, 3.05) is 23.4 Å². The molecule has 0 bridgehead atoms. The highest BCUT2D eigenvalue weighted by atomic mass is 16.6. The summed E-state index contributed by atoms with van der Waals surface area (Å²) >= 11 is 0. The Morgan fingerprint density at radius 2 is 2.17 bits per heavy atom. The van der Waals surface area contributed by atoms with E-state index in [0.717, 1.165) is 25.1 Å². The van der Waals surface area contributed by atoms with E-state index in [9.17, 15) is 14.9 Å². The monoisotopic (exact) mass is 247 g/mol. The number of nitro groups is 1. The van der Waals surface area contributed by atoms with Gasteiger partial charge in [-0.25, -0.2) is 0 Å². The predicted molar refractivity (Wildman–Crippen MR) is 66.9 cm³/mol. The molecule has 0 spiro atoms. The summed E-state index contributed by atoms with van der Waals surface area (Å²) in [5, 5.41) is 10.8. The average molecular weight is 247 g/mol. The van der Waals surface area contributed by atoms with Crippen molar-refractivity contribution in [2.24, 2.45) is 0 Å². The summed E-state index contributed by atoms with van der Waals surface area (Å²) in [6, 6.07) is 4.62. The number of carbonyl (C=O) groups excluding carboxylic acids is 1. The molecule has 1 fully saturated rings. The highest BCUT2D eigenvalue weighted by Crippen LogP contribution is 2.40. The first kappa shape index (κ1) is 11.0. The normalized spacial score (nSPS) is 21.8. The van der Waals surface area contributed by atoms with E-state index in [2.05, 4.69) is 4.90 Å². The fourth-order valence-corrected chi connectivity index (χ4v) is 2.79. The molecule has 6 nitrogen and oxygen atoms in total. The van der Waals surface area contributed by atoms with Gasteiger partial charge in [0.15, 0.2) is 0 Å². The van der Waals surface area contributed by atoms with Gasteiger partial charge in [0.05, 0.1) is 16.3 Å².